The molecule has 1 amide bonds. The first-order valence-electron chi connectivity index (χ1n) is 6.99. The number of benzene rings is 1. The summed E-state index contributed by atoms with van der Waals surface area (Å²) in [7, 11) is 0.159. The minimum atomic E-state index is -3.60. The van der Waals surface area contributed by atoms with E-state index in [0.717, 1.165) is 5.69 Å². The average molecular weight is 337 g/mol. The maximum Gasteiger partial charge on any atom is 0.287 e. The van der Waals surface area contributed by atoms with Crippen molar-refractivity contribution < 1.29 is 17.6 Å². The van der Waals surface area contributed by atoms with Crippen LogP contribution in [-0.2, 0) is 10.0 Å². The van der Waals surface area contributed by atoms with E-state index >= 15 is 0 Å². The molecule has 0 spiro atoms. The lowest BCUT2D eigenvalue weighted by molar-refractivity contribution is 0.0926. The van der Waals surface area contributed by atoms with Crippen LogP contribution in [0.4, 0.5) is 5.69 Å². The molecular weight excluding hydrogens is 318 g/mol. The smallest absolute Gasteiger partial charge is 0.287 e. The minimum absolute atomic E-state index is 0.0875. The number of hydrogen-bond donors (Lipinski definition) is 2. The molecule has 2 N–H and O–H groups in total. The first-order valence-corrected chi connectivity index (χ1v) is 8.47. The van der Waals surface area contributed by atoms with Gasteiger partial charge in [-0.1, -0.05) is 0 Å². The highest BCUT2D eigenvalue weighted by atomic mass is 32.2. The van der Waals surface area contributed by atoms with Gasteiger partial charge in [-0.3, -0.25) is 4.79 Å². The number of furan rings is 1. The third-order valence-electron chi connectivity index (χ3n) is 3.11. The summed E-state index contributed by atoms with van der Waals surface area (Å²) < 4.78 is 31.6. The van der Waals surface area contributed by atoms with Crippen molar-refractivity contribution in [2.45, 2.75) is 4.90 Å². The predicted octanol–water partition coefficient (Wildman–Crippen LogP) is 1.05. The van der Waals surface area contributed by atoms with Crippen LogP contribution in [0.5, 0.6) is 0 Å². The number of nitrogens with zero attached hydrogens (tertiary/aromatic N) is 1. The number of nitrogens with one attached hydrogen (secondary N) is 2. The Hall–Kier alpha value is -2.32. The third-order valence-corrected chi connectivity index (χ3v) is 4.59. The molecule has 0 atom stereocenters. The summed E-state index contributed by atoms with van der Waals surface area (Å²) >= 11 is 0. The lowest BCUT2D eigenvalue weighted by atomic mass is 10.3. The summed E-state index contributed by atoms with van der Waals surface area (Å²) in [5, 5.41) is 2.57. The highest BCUT2D eigenvalue weighted by molar-refractivity contribution is 7.89. The summed E-state index contributed by atoms with van der Waals surface area (Å²) in [5.41, 5.74) is 0.912. The third kappa shape index (κ3) is 4.57. The first-order chi connectivity index (χ1) is 10.9. The molecule has 2 rings (SSSR count). The van der Waals surface area contributed by atoms with E-state index in [1.807, 2.05) is 19.0 Å². The van der Waals surface area contributed by atoms with Gasteiger partial charge in [0.2, 0.25) is 10.0 Å². The standard InChI is InChI=1S/C15H19N3O4S/c1-18(2)12-5-7-13(8-6-12)23(20,21)17-10-9-16-15(19)14-4-3-11-22-14/h3-8,11,17H,9-10H2,1-2H3,(H,16,19). The number of amides is 1. The van der Waals surface area contributed by atoms with Crippen molar-refractivity contribution in [3.8, 4) is 0 Å². The monoisotopic (exact) mass is 337 g/mol. The molecule has 0 saturated carbocycles. The molecule has 0 bridgehead atoms. The Morgan fingerprint density at radius 3 is 2.39 bits per heavy atom. The molecule has 0 aliphatic carbocycles. The van der Waals surface area contributed by atoms with Gasteiger partial charge < -0.3 is 14.6 Å². The minimum Gasteiger partial charge on any atom is -0.459 e. The van der Waals surface area contributed by atoms with Gasteiger partial charge in [0, 0.05) is 32.9 Å². The summed E-state index contributed by atoms with van der Waals surface area (Å²) in [6, 6.07) is 9.68. The second-order valence-corrected chi connectivity index (χ2v) is 6.79. The molecule has 0 radical (unpaired) electrons. The fraction of sp³-hybridized carbons (Fsp3) is 0.267. The van der Waals surface area contributed by atoms with Crippen molar-refractivity contribution in [3.05, 3.63) is 48.4 Å². The van der Waals surface area contributed by atoms with E-state index < -0.39 is 10.0 Å². The lowest BCUT2D eigenvalue weighted by Crippen LogP contribution is -2.34. The molecule has 0 fully saturated rings. The fourth-order valence-corrected chi connectivity index (χ4v) is 2.89. The van der Waals surface area contributed by atoms with Gasteiger partial charge in [-0.05, 0) is 36.4 Å². The normalized spacial score (nSPS) is 11.2. The van der Waals surface area contributed by atoms with Crippen molar-refractivity contribution >= 4 is 21.6 Å². The Kier molecular flexibility index (Phi) is 5.41. The number of hydrogen-bond acceptors (Lipinski definition) is 5. The summed E-state index contributed by atoms with van der Waals surface area (Å²) in [4.78, 5) is 13.7. The predicted molar refractivity (Wildman–Crippen MR) is 87.0 cm³/mol. The Balaban J connectivity index is 1.85. The zero-order valence-electron chi connectivity index (χ0n) is 12.9. The maximum atomic E-state index is 12.1. The molecule has 0 unspecified atom stereocenters. The van der Waals surface area contributed by atoms with E-state index in [4.69, 9.17) is 4.42 Å². The van der Waals surface area contributed by atoms with Crippen LogP contribution in [0.1, 0.15) is 10.6 Å². The molecule has 7 nitrogen and oxygen atoms in total. The molecule has 124 valence electrons. The Morgan fingerprint density at radius 2 is 1.83 bits per heavy atom. The molecule has 8 heteroatoms. The molecule has 0 aliphatic rings. The van der Waals surface area contributed by atoms with Gasteiger partial charge in [-0.15, -0.1) is 0 Å². The summed E-state index contributed by atoms with van der Waals surface area (Å²) in [5.74, 6) is -0.198. The first kappa shape index (κ1) is 17.0. The van der Waals surface area contributed by atoms with Gasteiger partial charge in [-0.25, -0.2) is 13.1 Å². The zero-order valence-corrected chi connectivity index (χ0v) is 13.8. The van der Waals surface area contributed by atoms with Crippen molar-refractivity contribution in [1.82, 2.24) is 10.0 Å². The number of rotatable bonds is 7. The zero-order chi connectivity index (χ0) is 16.9. The van der Waals surface area contributed by atoms with E-state index in [1.165, 1.54) is 12.3 Å². The molecule has 2 aromatic rings. The van der Waals surface area contributed by atoms with Crippen LogP contribution in [0.15, 0.2) is 52.0 Å². The Bertz CT molecular complexity index is 738. The number of carbonyl (C=O) groups excluding carboxylic acids is 1. The van der Waals surface area contributed by atoms with Gasteiger partial charge >= 0.3 is 0 Å². The van der Waals surface area contributed by atoms with E-state index in [-0.39, 0.29) is 29.7 Å². The van der Waals surface area contributed by atoms with Gasteiger partial charge in [0.25, 0.3) is 5.91 Å². The van der Waals surface area contributed by atoms with Gasteiger partial charge in [0.15, 0.2) is 5.76 Å². The van der Waals surface area contributed by atoms with Crippen molar-refractivity contribution in [3.63, 3.8) is 0 Å². The van der Waals surface area contributed by atoms with Crippen LogP contribution in [0.2, 0.25) is 0 Å². The van der Waals surface area contributed by atoms with E-state index in [1.54, 1.807) is 30.3 Å². The lowest BCUT2D eigenvalue weighted by Gasteiger charge is -2.13. The van der Waals surface area contributed by atoms with Crippen molar-refractivity contribution in [2.24, 2.45) is 0 Å². The molecule has 0 saturated heterocycles. The van der Waals surface area contributed by atoms with E-state index in [0.29, 0.717) is 0 Å². The van der Waals surface area contributed by atoms with E-state index in [2.05, 4.69) is 10.0 Å². The topological polar surface area (TPSA) is 91.7 Å². The van der Waals surface area contributed by atoms with Crippen molar-refractivity contribution in [2.75, 3.05) is 32.1 Å². The molecule has 0 aliphatic heterocycles. The Labute approximate surface area is 135 Å². The van der Waals surface area contributed by atoms with Crippen LogP contribution in [0, 0.1) is 0 Å². The average Bonchev–Trinajstić information content (AvgIpc) is 3.06. The number of anilines is 1. The SMILES string of the molecule is CN(C)c1ccc(S(=O)(=O)NCCNC(=O)c2ccco2)cc1. The van der Waals surface area contributed by atoms with Crippen LogP contribution >= 0.6 is 0 Å². The number of sulfonamides is 1. The summed E-state index contributed by atoms with van der Waals surface area (Å²) in [6.07, 6.45) is 1.40. The Morgan fingerprint density at radius 1 is 1.13 bits per heavy atom. The quantitative estimate of drug-likeness (QED) is 0.737. The van der Waals surface area contributed by atoms with Crippen LogP contribution < -0.4 is 14.9 Å². The highest BCUT2D eigenvalue weighted by Gasteiger charge is 2.14. The van der Waals surface area contributed by atoms with Gasteiger partial charge in [-0.2, -0.15) is 0 Å². The van der Waals surface area contributed by atoms with Gasteiger partial charge in [0.1, 0.15) is 0 Å². The maximum absolute atomic E-state index is 12.1. The highest BCUT2D eigenvalue weighted by Crippen LogP contribution is 2.15. The second kappa shape index (κ2) is 7.30. The summed E-state index contributed by atoms with van der Waals surface area (Å²) in [6.45, 7) is 0.249. The van der Waals surface area contributed by atoms with Crippen LogP contribution in [0.3, 0.4) is 0 Å². The van der Waals surface area contributed by atoms with Gasteiger partial charge in [0.05, 0.1) is 11.2 Å². The van der Waals surface area contributed by atoms with E-state index in [9.17, 15) is 13.2 Å². The molecule has 1 heterocycles. The molecule has 1 aromatic carbocycles. The largest absolute Gasteiger partial charge is 0.459 e. The van der Waals surface area contributed by atoms with Crippen LogP contribution in [-0.4, -0.2) is 41.5 Å². The molecule has 23 heavy (non-hydrogen) atoms. The number of carbonyl (C=O) groups is 1. The molecule has 1 aromatic heterocycles. The van der Waals surface area contributed by atoms with Crippen LogP contribution in [0.25, 0.3) is 0 Å². The fourth-order valence-electron chi connectivity index (χ4n) is 1.86. The molecular formula is C15H19N3O4S. The van der Waals surface area contributed by atoms with Crippen molar-refractivity contribution in [1.29, 1.82) is 0 Å². The second-order valence-electron chi connectivity index (χ2n) is 5.02.